The van der Waals surface area contributed by atoms with Crippen LogP contribution in [-0.4, -0.2) is 174 Å². The first-order chi connectivity index (χ1) is 31.9. The number of carboxylic acid groups (broad SMARTS) is 1. The molecule has 1 aromatic carbocycles. The van der Waals surface area contributed by atoms with Gasteiger partial charge in [-0.1, -0.05) is 27.7 Å². The Morgan fingerprint density at radius 3 is 2.31 bits per heavy atom. The van der Waals surface area contributed by atoms with Gasteiger partial charge in [0.05, 0.1) is 39.7 Å². The molecule has 0 radical (unpaired) electrons. The summed E-state index contributed by atoms with van der Waals surface area (Å²) in [5.41, 5.74) is 6.78. The van der Waals surface area contributed by atoms with E-state index in [0.29, 0.717) is 37.7 Å². The number of ether oxygens (including phenoxy) is 4. The molecule has 3 heterocycles. The van der Waals surface area contributed by atoms with E-state index in [0.717, 1.165) is 78.6 Å². The van der Waals surface area contributed by atoms with E-state index in [1.54, 1.807) is 38.5 Å². The van der Waals surface area contributed by atoms with E-state index in [1.165, 1.54) is 41.1 Å². The molecule has 23 heteroatoms. The topological polar surface area (TPSA) is 258 Å². The maximum Gasteiger partial charge on any atom is 0.327 e. The fraction of sp³-hybridized carbons (Fsp3) is 0.591. The van der Waals surface area contributed by atoms with Crippen LogP contribution in [0.4, 0.5) is 8.78 Å². The van der Waals surface area contributed by atoms with Crippen LogP contribution in [0.3, 0.4) is 0 Å². The summed E-state index contributed by atoms with van der Waals surface area (Å²) in [5.74, 6) is -3.46. The highest BCUT2D eigenvalue weighted by molar-refractivity contribution is 8.76. The lowest BCUT2D eigenvalue weighted by molar-refractivity contribution is -0.144. The number of amides is 3. The number of hydrogen-bond acceptors (Lipinski definition) is 17. The lowest BCUT2D eigenvalue weighted by Crippen LogP contribution is -2.53. The van der Waals surface area contributed by atoms with E-state index in [-0.39, 0.29) is 31.1 Å². The number of piperidine rings is 1. The van der Waals surface area contributed by atoms with Crippen molar-refractivity contribution >= 4 is 70.4 Å². The number of methoxy groups -OCH3 is 3. The van der Waals surface area contributed by atoms with Crippen molar-refractivity contribution in [3.05, 3.63) is 46.9 Å². The molecule has 2 saturated heterocycles. The molecule has 374 valence electrons. The van der Waals surface area contributed by atoms with Crippen LogP contribution in [0.25, 0.3) is 0 Å². The van der Waals surface area contributed by atoms with Crippen LogP contribution in [-0.2, 0) is 49.6 Å². The molecule has 3 atom stereocenters. The SMILES string of the molecule is CNCC(=O)N1CC(F)(F)CC1(C)C(=O)C=O.CNCc1ccc(OC)c(OC)c1.COCCSSCC(NC(=O)COC1=CC2=C(CC1)N=CCC2C=O)C(=O)O.NC1CCN(C=O)CC1. The van der Waals surface area contributed by atoms with Crippen molar-refractivity contribution in [2.24, 2.45) is 16.6 Å². The Morgan fingerprint density at radius 2 is 1.73 bits per heavy atom. The van der Waals surface area contributed by atoms with E-state index in [4.69, 9.17) is 24.7 Å². The number of benzene rings is 1. The minimum absolute atomic E-state index is 0.0128. The third kappa shape index (κ3) is 19.7. The van der Waals surface area contributed by atoms with Gasteiger partial charge in [0.1, 0.15) is 17.9 Å². The number of nitrogens with zero attached hydrogens (tertiary/aromatic N) is 3. The molecular formula is C44H65F2N7O12S2. The van der Waals surface area contributed by atoms with Crippen molar-refractivity contribution in [3.8, 4) is 11.5 Å². The van der Waals surface area contributed by atoms with Crippen LogP contribution in [0.2, 0.25) is 0 Å². The maximum absolute atomic E-state index is 13.3. The first-order valence-corrected chi connectivity index (χ1v) is 23.9. The highest BCUT2D eigenvalue weighted by Gasteiger charge is 2.57. The van der Waals surface area contributed by atoms with Crippen LogP contribution < -0.4 is 31.2 Å². The smallest absolute Gasteiger partial charge is 0.327 e. The van der Waals surface area contributed by atoms with Crippen molar-refractivity contribution in [2.45, 2.75) is 75.5 Å². The van der Waals surface area contributed by atoms with E-state index in [2.05, 4.69) is 20.9 Å². The average Bonchev–Trinajstić information content (AvgIpc) is 3.59. The molecule has 4 aliphatic rings. The minimum atomic E-state index is -3.14. The highest BCUT2D eigenvalue weighted by atomic mass is 33.1. The fourth-order valence-corrected chi connectivity index (χ4v) is 8.99. The molecule has 0 spiro atoms. The highest BCUT2D eigenvalue weighted by Crippen LogP contribution is 2.40. The number of rotatable bonds is 21. The van der Waals surface area contributed by atoms with Crippen LogP contribution in [0.1, 0.15) is 51.0 Å². The van der Waals surface area contributed by atoms with Gasteiger partial charge in [-0.3, -0.25) is 29.0 Å². The Morgan fingerprint density at radius 1 is 1.03 bits per heavy atom. The zero-order valence-corrected chi connectivity index (χ0v) is 40.5. The number of carbonyl (C=O) groups is 7. The molecular weight excluding hydrogens is 921 g/mol. The molecule has 6 N–H and O–H groups in total. The number of likely N-dealkylation sites (tertiary alicyclic amines) is 2. The largest absolute Gasteiger partial charge is 0.493 e. The normalized spacial score (nSPS) is 19.8. The lowest BCUT2D eigenvalue weighted by Gasteiger charge is -2.31. The summed E-state index contributed by atoms with van der Waals surface area (Å²) in [4.78, 5) is 85.2. The van der Waals surface area contributed by atoms with Crippen LogP contribution in [0.5, 0.6) is 11.5 Å². The minimum Gasteiger partial charge on any atom is -0.493 e. The Labute approximate surface area is 398 Å². The second-order valence-electron chi connectivity index (χ2n) is 15.6. The van der Waals surface area contributed by atoms with Gasteiger partial charge in [-0.2, -0.15) is 0 Å². The predicted octanol–water partition coefficient (Wildman–Crippen LogP) is 2.41. The van der Waals surface area contributed by atoms with Crippen molar-refractivity contribution in [1.82, 2.24) is 25.8 Å². The number of Topliss-reactive ketones (excluding diaryl/α,β-unsaturated/α-hetero) is 1. The molecule has 1 aromatic rings. The molecule has 0 aromatic heterocycles. The molecule has 3 unspecified atom stereocenters. The van der Waals surface area contributed by atoms with E-state index >= 15 is 0 Å². The van der Waals surface area contributed by atoms with Crippen molar-refractivity contribution in [3.63, 3.8) is 0 Å². The lowest BCUT2D eigenvalue weighted by atomic mass is 9.88. The molecule has 3 amide bonds. The Kier molecular flexibility index (Phi) is 26.4. The van der Waals surface area contributed by atoms with Gasteiger partial charge in [-0.05, 0) is 76.0 Å². The van der Waals surface area contributed by atoms with Crippen molar-refractivity contribution < 1.29 is 66.4 Å². The van der Waals surface area contributed by atoms with Gasteiger partial charge in [0.15, 0.2) is 24.4 Å². The molecule has 2 fully saturated rings. The molecule has 19 nitrogen and oxygen atoms in total. The zero-order chi connectivity index (χ0) is 50.0. The predicted molar refractivity (Wildman–Crippen MR) is 251 cm³/mol. The number of nitrogens with two attached hydrogens (primary N) is 1. The van der Waals surface area contributed by atoms with Crippen molar-refractivity contribution in [2.75, 3.05) is 86.3 Å². The summed E-state index contributed by atoms with van der Waals surface area (Å²) in [5, 5.41) is 17.3. The van der Waals surface area contributed by atoms with Crippen LogP contribution in [0.15, 0.2) is 46.3 Å². The summed E-state index contributed by atoms with van der Waals surface area (Å²) in [6.45, 7) is 3.03. The van der Waals surface area contributed by atoms with E-state index in [1.807, 2.05) is 25.2 Å². The third-order valence-electron chi connectivity index (χ3n) is 10.5. The fourth-order valence-electron chi connectivity index (χ4n) is 6.92. The molecule has 5 rings (SSSR count). The summed E-state index contributed by atoms with van der Waals surface area (Å²) in [6.07, 6.45) is 8.21. The van der Waals surface area contributed by atoms with Gasteiger partial charge in [0.25, 0.3) is 11.8 Å². The van der Waals surface area contributed by atoms with E-state index in [9.17, 15) is 47.4 Å². The number of halogens is 2. The Bertz CT molecular complexity index is 1900. The average molecular weight is 986 g/mol. The van der Waals surface area contributed by atoms with Gasteiger partial charge in [-0.15, -0.1) is 0 Å². The summed E-state index contributed by atoms with van der Waals surface area (Å²) in [7, 11) is 11.1. The van der Waals surface area contributed by atoms with Crippen LogP contribution in [0, 0.1) is 5.92 Å². The number of carboxylic acids is 1. The van der Waals surface area contributed by atoms with Crippen molar-refractivity contribution in [1.29, 1.82) is 0 Å². The number of nitrogens with one attached hydrogen (secondary N) is 3. The first kappa shape index (κ1) is 58.2. The van der Waals surface area contributed by atoms with Gasteiger partial charge in [-0.25, -0.2) is 13.6 Å². The van der Waals surface area contributed by atoms with E-state index < -0.39 is 54.0 Å². The van der Waals surface area contributed by atoms with Crippen LogP contribution >= 0.6 is 21.6 Å². The number of allylic oxidation sites excluding steroid dienone is 4. The molecule has 1 aliphatic carbocycles. The van der Waals surface area contributed by atoms with Gasteiger partial charge in [0.2, 0.25) is 18.1 Å². The monoisotopic (exact) mass is 985 g/mol. The van der Waals surface area contributed by atoms with Gasteiger partial charge < -0.3 is 60.3 Å². The number of hydrogen-bond donors (Lipinski definition) is 5. The molecule has 67 heavy (non-hydrogen) atoms. The second-order valence-corrected chi connectivity index (χ2v) is 18.3. The summed E-state index contributed by atoms with van der Waals surface area (Å²) < 4.78 is 47.4. The molecule has 3 aliphatic heterocycles. The van der Waals surface area contributed by atoms with Gasteiger partial charge in [0, 0.05) is 75.0 Å². The molecule has 0 saturated carbocycles. The standard InChI is InChI=1S/C18H24N2O6S2.C10H14F2N2O3.C10H15NO2.C6H12N2O/c1-25-6-7-27-28-11-16(18(23)24)20-17(22)10-26-13-2-3-15-14(8-13)12(9-21)4-5-19-15;1-9(7(16)4-15)5-10(11,12)6-14(9)8(17)3-13-2;1-11-7-8-4-5-9(12-2)10(6-8)13-3;7-6-1-3-8(5-9)4-2-6/h5,8-9,12,16H,2-4,6-7,10-11H2,1H3,(H,20,22)(H,23,24);4,13H,3,5-6H2,1-2H3;4-6,11H,7H2,1-3H3;5-6H,1-4,7H2. The Balaban J connectivity index is 0.000000335. The number of carbonyl (C=O) groups excluding carboxylic acids is 6. The number of aliphatic carboxylic acids is 1. The number of alkyl halides is 2. The zero-order valence-electron chi connectivity index (χ0n) is 38.9. The number of aliphatic imine (C=N–C) groups is 1. The Hall–Kier alpha value is -4.94. The number of aldehydes is 2. The number of likely N-dealkylation sites (N-methyl/N-ethyl adjacent to an activating group) is 1. The maximum atomic E-state index is 13.3. The van der Waals surface area contributed by atoms with Gasteiger partial charge >= 0.3 is 5.97 Å². The first-order valence-electron chi connectivity index (χ1n) is 21.4. The number of ketones is 1. The molecule has 0 bridgehead atoms. The summed E-state index contributed by atoms with van der Waals surface area (Å²) >= 11 is 0. The third-order valence-corrected chi connectivity index (χ3v) is 12.9. The summed E-state index contributed by atoms with van der Waals surface area (Å²) in [6, 6.07) is 5.22. The quantitative estimate of drug-likeness (QED) is 0.0513. The second kappa shape index (κ2) is 30.4.